The Morgan fingerprint density at radius 3 is 2.33 bits per heavy atom. The predicted octanol–water partition coefficient (Wildman–Crippen LogP) is 4.97. The number of hydrogen-bond acceptors (Lipinski definition) is 5. The van der Waals surface area contributed by atoms with Gasteiger partial charge in [0.15, 0.2) is 11.5 Å². The van der Waals surface area contributed by atoms with Gasteiger partial charge in [-0.1, -0.05) is 65.0 Å². The van der Waals surface area contributed by atoms with Gasteiger partial charge in [0.25, 0.3) is 0 Å². The van der Waals surface area contributed by atoms with E-state index in [0.717, 1.165) is 41.4 Å². The fourth-order valence-electron chi connectivity index (χ4n) is 3.81. The lowest BCUT2D eigenvalue weighted by atomic mass is 9.96. The molecular formula is C24H32N6. The van der Waals surface area contributed by atoms with E-state index < -0.39 is 0 Å². The molecule has 0 bridgehead atoms. The normalized spacial score (nSPS) is 12.9. The number of pyridine rings is 1. The van der Waals surface area contributed by atoms with Crippen molar-refractivity contribution in [3.8, 4) is 17.2 Å². The summed E-state index contributed by atoms with van der Waals surface area (Å²) in [7, 11) is 0. The molecule has 0 amide bonds. The Balaban J connectivity index is 2.36. The van der Waals surface area contributed by atoms with E-state index in [1.807, 2.05) is 29.6 Å². The molecular weight excluding hydrogens is 372 g/mol. The topological polar surface area (TPSA) is 69.2 Å². The minimum absolute atomic E-state index is 0.0975. The lowest BCUT2D eigenvalue weighted by Crippen LogP contribution is -2.39. The van der Waals surface area contributed by atoms with Gasteiger partial charge >= 0.3 is 0 Å². The minimum atomic E-state index is -0.221. The molecule has 1 aromatic carbocycles. The molecule has 6 heteroatoms. The standard InChI is InChI=1S/C24H32N6/c1-8-29(9-2)17(4)26-22-20(18-13-11-10-12-14-18)16(3)19(15-25)21-27-23(24(5,6)7)28-30(21)22/h10-14,17,26H,8-9H2,1-7H3. The van der Waals surface area contributed by atoms with Crippen LogP contribution in [0.25, 0.3) is 16.8 Å². The molecule has 0 aliphatic carbocycles. The van der Waals surface area contributed by atoms with Gasteiger partial charge in [0.2, 0.25) is 0 Å². The Morgan fingerprint density at radius 2 is 1.80 bits per heavy atom. The second-order valence-corrected chi connectivity index (χ2v) is 8.66. The largest absolute Gasteiger partial charge is 0.354 e. The van der Waals surface area contributed by atoms with Gasteiger partial charge in [0.05, 0.1) is 6.17 Å². The Labute approximate surface area is 179 Å². The predicted molar refractivity (Wildman–Crippen MR) is 123 cm³/mol. The number of benzene rings is 1. The number of rotatable bonds is 6. The average molecular weight is 405 g/mol. The van der Waals surface area contributed by atoms with Crippen LogP contribution in [-0.4, -0.2) is 38.8 Å². The van der Waals surface area contributed by atoms with Crippen LogP contribution < -0.4 is 5.32 Å². The van der Waals surface area contributed by atoms with Gasteiger partial charge in [-0.25, -0.2) is 4.98 Å². The molecule has 2 aromatic heterocycles. The molecule has 0 aliphatic heterocycles. The fraction of sp³-hybridized carbons (Fsp3) is 0.458. The van der Waals surface area contributed by atoms with Gasteiger partial charge in [0.1, 0.15) is 17.5 Å². The third kappa shape index (κ3) is 3.90. The van der Waals surface area contributed by atoms with Crippen LogP contribution in [-0.2, 0) is 5.41 Å². The second-order valence-electron chi connectivity index (χ2n) is 8.66. The number of nitrogens with zero attached hydrogens (tertiary/aromatic N) is 5. The monoisotopic (exact) mass is 404 g/mol. The van der Waals surface area contributed by atoms with Crippen molar-refractivity contribution < 1.29 is 0 Å². The van der Waals surface area contributed by atoms with E-state index in [9.17, 15) is 5.26 Å². The number of anilines is 1. The van der Waals surface area contributed by atoms with E-state index in [4.69, 9.17) is 10.1 Å². The highest BCUT2D eigenvalue weighted by molar-refractivity contribution is 5.84. The van der Waals surface area contributed by atoms with Crippen molar-refractivity contribution in [2.75, 3.05) is 18.4 Å². The van der Waals surface area contributed by atoms with E-state index in [0.29, 0.717) is 11.2 Å². The molecule has 0 spiro atoms. The summed E-state index contributed by atoms with van der Waals surface area (Å²) in [6, 6.07) is 12.6. The van der Waals surface area contributed by atoms with E-state index in [1.165, 1.54) is 0 Å². The molecule has 0 radical (unpaired) electrons. The first kappa shape index (κ1) is 21.8. The van der Waals surface area contributed by atoms with Gasteiger partial charge in [-0.2, -0.15) is 9.78 Å². The number of nitriles is 1. The summed E-state index contributed by atoms with van der Waals surface area (Å²) in [5, 5.41) is 18.5. The summed E-state index contributed by atoms with van der Waals surface area (Å²) in [4.78, 5) is 7.12. The summed E-state index contributed by atoms with van der Waals surface area (Å²) in [5.74, 6) is 1.59. The molecule has 158 valence electrons. The van der Waals surface area contributed by atoms with Crippen LogP contribution in [0, 0.1) is 18.3 Å². The van der Waals surface area contributed by atoms with E-state index in [2.05, 4.69) is 70.0 Å². The van der Waals surface area contributed by atoms with E-state index in [-0.39, 0.29) is 11.6 Å². The summed E-state index contributed by atoms with van der Waals surface area (Å²) in [5.41, 5.74) is 3.91. The Kier molecular flexibility index (Phi) is 6.14. The van der Waals surface area contributed by atoms with Gasteiger partial charge in [0, 0.05) is 11.0 Å². The highest BCUT2D eigenvalue weighted by Gasteiger charge is 2.27. The Hall–Kier alpha value is -2.91. The zero-order chi connectivity index (χ0) is 22.1. The maximum atomic E-state index is 9.98. The highest BCUT2D eigenvalue weighted by Crippen LogP contribution is 2.36. The molecule has 1 N–H and O–H groups in total. The summed E-state index contributed by atoms with van der Waals surface area (Å²) >= 11 is 0. The van der Waals surface area contributed by atoms with Crippen LogP contribution in [0.3, 0.4) is 0 Å². The zero-order valence-corrected chi connectivity index (χ0v) is 19.1. The number of nitrogens with one attached hydrogen (secondary N) is 1. The zero-order valence-electron chi connectivity index (χ0n) is 19.1. The van der Waals surface area contributed by atoms with Crippen LogP contribution in [0.2, 0.25) is 0 Å². The van der Waals surface area contributed by atoms with Gasteiger partial charge in [-0.05, 0) is 38.1 Å². The SMILES string of the molecule is CCN(CC)C(C)Nc1c(-c2ccccc2)c(C)c(C#N)c2nc(C(C)(C)C)nn12. The summed E-state index contributed by atoms with van der Waals surface area (Å²) in [6.07, 6.45) is 0.0975. The van der Waals surface area contributed by atoms with Crippen LogP contribution in [0.4, 0.5) is 5.82 Å². The highest BCUT2D eigenvalue weighted by atomic mass is 15.4. The summed E-state index contributed by atoms with van der Waals surface area (Å²) in [6.45, 7) is 16.6. The van der Waals surface area contributed by atoms with Gasteiger partial charge in [-0.3, -0.25) is 4.90 Å². The molecule has 0 saturated carbocycles. The maximum absolute atomic E-state index is 9.98. The molecule has 3 rings (SSSR count). The first-order valence-electron chi connectivity index (χ1n) is 10.6. The fourth-order valence-corrected chi connectivity index (χ4v) is 3.81. The lowest BCUT2D eigenvalue weighted by molar-refractivity contribution is 0.252. The van der Waals surface area contributed by atoms with Crippen LogP contribution in [0.15, 0.2) is 30.3 Å². The third-order valence-corrected chi connectivity index (χ3v) is 5.58. The van der Waals surface area contributed by atoms with Crippen molar-refractivity contribution in [3.63, 3.8) is 0 Å². The molecule has 1 unspecified atom stereocenters. The molecule has 2 heterocycles. The molecule has 1 atom stereocenters. The van der Waals surface area contributed by atoms with E-state index in [1.54, 1.807) is 0 Å². The van der Waals surface area contributed by atoms with Crippen LogP contribution >= 0.6 is 0 Å². The first-order chi connectivity index (χ1) is 14.2. The smallest absolute Gasteiger partial charge is 0.176 e. The molecule has 0 aliphatic rings. The van der Waals surface area contributed by atoms with Gasteiger partial charge < -0.3 is 5.32 Å². The molecule has 30 heavy (non-hydrogen) atoms. The van der Waals surface area contributed by atoms with Crippen LogP contribution in [0.1, 0.15) is 58.5 Å². The van der Waals surface area contributed by atoms with Crippen molar-refractivity contribution in [2.24, 2.45) is 0 Å². The summed E-state index contributed by atoms with van der Waals surface area (Å²) < 4.78 is 1.83. The number of hydrogen-bond donors (Lipinski definition) is 1. The van der Waals surface area contributed by atoms with Crippen molar-refractivity contribution in [1.29, 1.82) is 5.26 Å². The van der Waals surface area contributed by atoms with Crippen LogP contribution in [0.5, 0.6) is 0 Å². The minimum Gasteiger partial charge on any atom is -0.354 e. The average Bonchev–Trinajstić information content (AvgIpc) is 3.15. The molecule has 0 saturated heterocycles. The maximum Gasteiger partial charge on any atom is 0.176 e. The number of aromatic nitrogens is 3. The Morgan fingerprint density at radius 1 is 1.17 bits per heavy atom. The van der Waals surface area contributed by atoms with Crippen molar-refractivity contribution in [3.05, 3.63) is 47.3 Å². The van der Waals surface area contributed by atoms with Crippen molar-refractivity contribution >= 4 is 11.5 Å². The third-order valence-electron chi connectivity index (χ3n) is 5.58. The lowest BCUT2D eigenvalue weighted by Gasteiger charge is -2.29. The van der Waals surface area contributed by atoms with Crippen molar-refractivity contribution in [1.82, 2.24) is 19.5 Å². The number of fused-ring (bicyclic) bond motifs is 1. The van der Waals surface area contributed by atoms with Crippen molar-refractivity contribution in [2.45, 2.75) is 60.0 Å². The first-order valence-corrected chi connectivity index (χ1v) is 10.6. The quantitative estimate of drug-likeness (QED) is 0.587. The molecule has 3 aromatic rings. The van der Waals surface area contributed by atoms with Gasteiger partial charge in [-0.15, -0.1) is 5.10 Å². The molecule has 0 fully saturated rings. The second kappa shape index (κ2) is 8.45. The molecule has 6 nitrogen and oxygen atoms in total. The van der Waals surface area contributed by atoms with E-state index >= 15 is 0 Å². The Bertz CT molecular complexity index is 1070.